The summed E-state index contributed by atoms with van der Waals surface area (Å²) in [6.45, 7) is 3.75. The number of halogens is 1. The Hall–Kier alpha value is -2.15. The first-order valence-corrected chi connectivity index (χ1v) is 8.23. The maximum Gasteiger partial charge on any atom is 0.251 e. The molecule has 0 spiro atoms. The largest absolute Gasteiger partial charge is 0.323 e. The molecule has 0 fully saturated rings. The van der Waals surface area contributed by atoms with E-state index in [1.807, 2.05) is 13.8 Å². The summed E-state index contributed by atoms with van der Waals surface area (Å²) in [5.74, 6) is -0.813. The first kappa shape index (κ1) is 17.2. The number of anilines is 1. The molecule has 0 aliphatic carbocycles. The van der Waals surface area contributed by atoms with E-state index in [0.29, 0.717) is 23.7 Å². The average molecular weight is 335 g/mol. The maximum absolute atomic E-state index is 13.6. The van der Waals surface area contributed by atoms with Gasteiger partial charge in [-0.25, -0.2) is 9.37 Å². The SMILES string of the molecule is CCc1cc(=O)[nH]c(SC(CC)C(=O)Nc2ccccc2F)n1. The summed E-state index contributed by atoms with van der Waals surface area (Å²) in [7, 11) is 0. The second-order valence-corrected chi connectivity index (χ2v) is 6.07. The van der Waals surface area contributed by atoms with Gasteiger partial charge in [0.05, 0.1) is 10.9 Å². The fourth-order valence-electron chi connectivity index (χ4n) is 1.95. The first-order chi connectivity index (χ1) is 11.0. The number of aromatic amines is 1. The van der Waals surface area contributed by atoms with Crippen LogP contribution in [0.2, 0.25) is 0 Å². The second kappa shape index (κ2) is 7.92. The molecule has 0 aliphatic heterocycles. The van der Waals surface area contributed by atoms with Crippen LogP contribution in [0, 0.1) is 5.82 Å². The molecule has 7 heteroatoms. The van der Waals surface area contributed by atoms with Crippen LogP contribution in [0.4, 0.5) is 10.1 Å². The number of carbonyl (C=O) groups is 1. The van der Waals surface area contributed by atoms with E-state index in [2.05, 4.69) is 15.3 Å². The van der Waals surface area contributed by atoms with Crippen molar-refractivity contribution in [1.29, 1.82) is 0 Å². The van der Waals surface area contributed by atoms with Crippen molar-refractivity contribution in [1.82, 2.24) is 9.97 Å². The van der Waals surface area contributed by atoms with Crippen molar-refractivity contribution in [3.63, 3.8) is 0 Å². The standard InChI is InChI=1S/C16H18FN3O2S/c1-3-10-9-14(21)20-16(18-10)23-13(4-2)15(22)19-12-8-6-5-7-11(12)17/h5-9,13H,3-4H2,1-2H3,(H,19,22)(H,18,20,21). The van der Waals surface area contributed by atoms with Crippen molar-refractivity contribution in [2.75, 3.05) is 5.32 Å². The minimum atomic E-state index is -0.486. The van der Waals surface area contributed by atoms with Crippen LogP contribution in [0.3, 0.4) is 0 Å². The number of thioether (sulfide) groups is 1. The Labute approximate surface area is 137 Å². The Balaban J connectivity index is 2.13. The highest BCUT2D eigenvalue weighted by Gasteiger charge is 2.20. The number of carbonyl (C=O) groups excluding carboxylic acids is 1. The van der Waals surface area contributed by atoms with E-state index in [-0.39, 0.29) is 17.2 Å². The lowest BCUT2D eigenvalue weighted by Crippen LogP contribution is -2.25. The van der Waals surface area contributed by atoms with Gasteiger partial charge in [0.1, 0.15) is 5.82 Å². The summed E-state index contributed by atoms with van der Waals surface area (Å²) in [6, 6.07) is 7.43. The van der Waals surface area contributed by atoms with Gasteiger partial charge < -0.3 is 10.3 Å². The molecule has 2 rings (SSSR count). The van der Waals surface area contributed by atoms with Crippen molar-refractivity contribution >= 4 is 23.4 Å². The Bertz CT molecular complexity index is 748. The third kappa shape index (κ3) is 4.66. The van der Waals surface area contributed by atoms with Gasteiger partial charge in [0.15, 0.2) is 5.16 Å². The van der Waals surface area contributed by atoms with Crippen molar-refractivity contribution in [2.45, 2.75) is 37.1 Å². The minimum Gasteiger partial charge on any atom is -0.323 e. The number of aromatic nitrogens is 2. The molecule has 5 nitrogen and oxygen atoms in total. The van der Waals surface area contributed by atoms with Gasteiger partial charge in [0, 0.05) is 11.8 Å². The molecule has 0 radical (unpaired) electrons. The predicted octanol–water partition coefficient (Wildman–Crippen LogP) is 2.98. The summed E-state index contributed by atoms with van der Waals surface area (Å²) >= 11 is 1.16. The smallest absolute Gasteiger partial charge is 0.251 e. The van der Waals surface area contributed by atoms with Gasteiger partial charge in [-0.3, -0.25) is 9.59 Å². The van der Waals surface area contributed by atoms with Crippen molar-refractivity contribution in [3.05, 3.63) is 52.2 Å². The number of aryl methyl sites for hydroxylation is 1. The molecule has 2 N–H and O–H groups in total. The Kier molecular flexibility index (Phi) is 5.92. The van der Waals surface area contributed by atoms with Crippen LogP contribution in [0.15, 0.2) is 40.3 Å². The summed E-state index contributed by atoms with van der Waals surface area (Å²) in [5, 5.41) is 2.48. The number of benzene rings is 1. The molecule has 1 amide bonds. The molecule has 1 aromatic carbocycles. The van der Waals surface area contributed by atoms with Gasteiger partial charge in [-0.1, -0.05) is 37.7 Å². The van der Waals surface area contributed by atoms with Gasteiger partial charge in [-0.15, -0.1) is 0 Å². The topological polar surface area (TPSA) is 74.8 Å². The van der Waals surface area contributed by atoms with Crippen LogP contribution < -0.4 is 10.9 Å². The molecule has 2 aromatic rings. The lowest BCUT2D eigenvalue weighted by atomic mass is 10.2. The lowest BCUT2D eigenvalue weighted by Gasteiger charge is -2.14. The van der Waals surface area contributed by atoms with Gasteiger partial charge in [-0.2, -0.15) is 0 Å². The van der Waals surface area contributed by atoms with Gasteiger partial charge in [0.25, 0.3) is 5.56 Å². The zero-order chi connectivity index (χ0) is 16.8. The molecule has 0 bridgehead atoms. The van der Waals surface area contributed by atoms with Crippen LogP contribution in [-0.2, 0) is 11.2 Å². The number of amides is 1. The molecular formula is C16H18FN3O2S. The third-order valence-electron chi connectivity index (χ3n) is 3.18. The van der Waals surface area contributed by atoms with Crippen LogP contribution in [0.25, 0.3) is 0 Å². The van der Waals surface area contributed by atoms with Crippen LogP contribution in [0.5, 0.6) is 0 Å². The van der Waals surface area contributed by atoms with E-state index in [4.69, 9.17) is 0 Å². The number of para-hydroxylation sites is 1. The first-order valence-electron chi connectivity index (χ1n) is 7.35. The van der Waals surface area contributed by atoms with Crippen LogP contribution in [-0.4, -0.2) is 21.1 Å². The Morgan fingerprint density at radius 1 is 1.39 bits per heavy atom. The van der Waals surface area contributed by atoms with Gasteiger partial charge in [-0.05, 0) is 25.0 Å². The van der Waals surface area contributed by atoms with E-state index in [0.717, 1.165) is 11.8 Å². The summed E-state index contributed by atoms with van der Waals surface area (Å²) < 4.78 is 13.6. The second-order valence-electron chi connectivity index (χ2n) is 4.88. The highest BCUT2D eigenvalue weighted by atomic mass is 32.2. The number of nitrogens with zero attached hydrogens (tertiary/aromatic N) is 1. The van der Waals surface area contributed by atoms with Crippen molar-refractivity contribution in [3.8, 4) is 0 Å². The highest BCUT2D eigenvalue weighted by molar-refractivity contribution is 8.00. The van der Waals surface area contributed by atoms with E-state index in [9.17, 15) is 14.0 Å². The number of hydrogen-bond acceptors (Lipinski definition) is 4. The quantitative estimate of drug-likeness (QED) is 0.629. The molecule has 0 saturated heterocycles. The fourth-order valence-corrected chi connectivity index (χ4v) is 2.88. The maximum atomic E-state index is 13.6. The molecule has 0 saturated carbocycles. The van der Waals surface area contributed by atoms with Gasteiger partial charge in [0.2, 0.25) is 5.91 Å². The molecule has 1 atom stereocenters. The zero-order valence-corrected chi connectivity index (χ0v) is 13.7. The van der Waals surface area contributed by atoms with Crippen molar-refractivity contribution in [2.24, 2.45) is 0 Å². The normalized spacial score (nSPS) is 12.0. The number of nitrogens with one attached hydrogen (secondary N) is 2. The molecule has 1 unspecified atom stereocenters. The molecule has 0 aliphatic rings. The number of rotatable bonds is 6. The summed E-state index contributed by atoms with van der Waals surface area (Å²) in [6.07, 6.45) is 1.15. The van der Waals surface area contributed by atoms with E-state index >= 15 is 0 Å². The van der Waals surface area contributed by atoms with E-state index < -0.39 is 11.1 Å². The number of H-pyrrole nitrogens is 1. The average Bonchev–Trinajstić information content (AvgIpc) is 2.54. The fraction of sp³-hybridized carbons (Fsp3) is 0.312. The summed E-state index contributed by atoms with van der Waals surface area (Å²) in [5.41, 5.74) is 0.560. The Morgan fingerprint density at radius 3 is 2.78 bits per heavy atom. The molecule has 122 valence electrons. The van der Waals surface area contributed by atoms with Gasteiger partial charge >= 0.3 is 0 Å². The summed E-state index contributed by atoms with van der Waals surface area (Å²) in [4.78, 5) is 30.8. The predicted molar refractivity (Wildman–Crippen MR) is 89.2 cm³/mol. The molecule has 23 heavy (non-hydrogen) atoms. The van der Waals surface area contributed by atoms with Crippen LogP contribution in [0.1, 0.15) is 26.0 Å². The van der Waals surface area contributed by atoms with Crippen molar-refractivity contribution < 1.29 is 9.18 Å². The molecule has 1 aromatic heterocycles. The lowest BCUT2D eigenvalue weighted by molar-refractivity contribution is -0.115. The third-order valence-corrected chi connectivity index (χ3v) is 4.43. The van der Waals surface area contributed by atoms with E-state index in [1.165, 1.54) is 18.2 Å². The Morgan fingerprint density at radius 2 is 2.13 bits per heavy atom. The molecular weight excluding hydrogens is 317 g/mol. The van der Waals surface area contributed by atoms with E-state index in [1.54, 1.807) is 12.1 Å². The van der Waals surface area contributed by atoms with Crippen LogP contribution >= 0.6 is 11.8 Å². The highest BCUT2D eigenvalue weighted by Crippen LogP contribution is 2.23. The number of hydrogen-bond donors (Lipinski definition) is 2. The minimum absolute atomic E-state index is 0.139. The molecule has 1 heterocycles. The monoisotopic (exact) mass is 335 g/mol. The zero-order valence-electron chi connectivity index (χ0n) is 12.9.